The summed E-state index contributed by atoms with van der Waals surface area (Å²) in [6, 6.07) is 0. The van der Waals surface area contributed by atoms with Crippen molar-refractivity contribution in [3.63, 3.8) is 0 Å². The Balaban J connectivity index is 1.91. The Morgan fingerprint density at radius 3 is 2.94 bits per heavy atom. The van der Waals surface area contributed by atoms with Crippen molar-refractivity contribution in [2.75, 3.05) is 26.4 Å². The fourth-order valence-corrected chi connectivity index (χ4v) is 3.74. The fourth-order valence-electron chi connectivity index (χ4n) is 2.71. The van der Waals surface area contributed by atoms with E-state index in [0.717, 1.165) is 6.42 Å². The van der Waals surface area contributed by atoms with Crippen LogP contribution in [0.5, 0.6) is 0 Å². The molecule has 0 aromatic rings. The molecule has 2 saturated heterocycles. The van der Waals surface area contributed by atoms with Crippen molar-refractivity contribution in [2.24, 2.45) is 0 Å². The van der Waals surface area contributed by atoms with Gasteiger partial charge in [-0.15, -0.1) is 0 Å². The third kappa shape index (κ3) is 2.41. The molecule has 0 saturated carbocycles. The molecule has 102 valence electrons. The average Bonchev–Trinajstić information content (AvgIpc) is 2.81. The average molecular weight is 273 g/mol. The minimum Gasteiger partial charge on any atom is -0.367 e. The van der Waals surface area contributed by atoms with Crippen molar-refractivity contribution in [1.29, 1.82) is 0 Å². The topological polar surface area (TPSA) is 41.3 Å². The van der Waals surface area contributed by atoms with Crippen LogP contribution in [0.4, 0.5) is 0 Å². The van der Waals surface area contributed by atoms with E-state index in [9.17, 15) is 0 Å². The lowest BCUT2D eigenvalue weighted by Gasteiger charge is -2.33. The summed E-state index contributed by atoms with van der Waals surface area (Å²) in [7, 11) is -0.976. The molecule has 18 heavy (non-hydrogen) atoms. The maximum atomic E-state index is 6.70. The number of ether oxygens (including phenoxy) is 2. The highest BCUT2D eigenvalue weighted by Gasteiger charge is 2.61. The van der Waals surface area contributed by atoms with E-state index in [1.165, 1.54) is 0 Å². The maximum absolute atomic E-state index is 6.70. The number of hydrogen-bond donors (Lipinski definition) is 0. The van der Waals surface area contributed by atoms with E-state index in [4.69, 9.17) is 25.1 Å². The van der Waals surface area contributed by atoms with Gasteiger partial charge in [-0.25, -0.2) is 6.57 Å². The number of fused-ring (bicyclic) bond motifs is 2. The lowest BCUT2D eigenvalue weighted by atomic mass is 9.91. The van der Waals surface area contributed by atoms with E-state index in [2.05, 4.69) is 11.8 Å². The van der Waals surface area contributed by atoms with Crippen LogP contribution < -0.4 is 0 Å². The van der Waals surface area contributed by atoms with E-state index in [-0.39, 0.29) is 23.9 Å². The molecule has 2 aliphatic rings. The summed E-state index contributed by atoms with van der Waals surface area (Å²) in [5.41, 5.74) is -0.315. The van der Waals surface area contributed by atoms with Crippen molar-refractivity contribution in [3.05, 3.63) is 11.4 Å². The second kappa shape index (κ2) is 5.81. The Hall–Kier alpha value is -0.240. The van der Waals surface area contributed by atoms with E-state index in [1.54, 1.807) is 0 Å². The van der Waals surface area contributed by atoms with Crippen LogP contribution >= 0.6 is 8.38 Å². The normalized spacial score (nSPS) is 39.8. The lowest BCUT2D eigenvalue weighted by Crippen LogP contribution is -2.45. The van der Waals surface area contributed by atoms with Crippen molar-refractivity contribution in [3.8, 4) is 0 Å². The van der Waals surface area contributed by atoms with Crippen LogP contribution in [-0.2, 0) is 18.5 Å². The Kier molecular flexibility index (Phi) is 4.58. The minimum absolute atomic E-state index is 0.0226. The molecule has 2 fully saturated rings. The van der Waals surface area contributed by atoms with Gasteiger partial charge in [0.05, 0.1) is 12.7 Å². The van der Waals surface area contributed by atoms with Crippen molar-refractivity contribution in [1.82, 2.24) is 0 Å². The summed E-state index contributed by atoms with van der Waals surface area (Å²) in [4.78, 5) is 3.25. The van der Waals surface area contributed by atoms with E-state index in [1.807, 2.05) is 13.6 Å². The smallest absolute Gasteiger partial charge is 0.238 e. The van der Waals surface area contributed by atoms with E-state index < -0.39 is 8.38 Å². The summed E-state index contributed by atoms with van der Waals surface area (Å²) in [6.45, 7) is 14.2. The van der Waals surface area contributed by atoms with Crippen LogP contribution in [0.1, 0.15) is 20.3 Å². The summed E-state index contributed by atoms with van der Waals surface area (Å²) in [6.07, 6.45) is 0.925. The van der Waals surface area contributed by atoms with Gasteiger partial charge in [-0.05, 0) is 13.3 Å². The SMILES string of the molecule is [C-]#[N+]CCOP(C)O[C@H]1[C@@H]2CO[C@@]1(CC)[C@@H](C)O2. The van der Waals surface area contributed by atoms with Crippen LogP contribution in [-0.4, -0.2) is 50.3 Å². The number of rotatable bonds is 6. The highest BCUT2D eigenvalue weighted by molar-refractivity contribution is 7.46. The van der Waals surface area contributed by atoms with Crippen LogP contribution in [0.2, 0.25) is 0 Å². The monoisotopic (exact) mass is 273 g/mol. The molecule has 2 bridgehead atoms. The zero-order valence-electron chi connectivity index (χ0n) is 11.1. The molecule has 5 nitrogen and oxygen atoms in total. The molecule has 6 heteroatoms. The van der Waals surface area contributed by atoms with Gasteiger partial charge >= 0.3 is 0 Å². The van der Waals surface area contributed by atoms with Gasteiger partial charge in [-0.2, -0.15) is 0 Å². The quantitative estimate of drug-likeness (QED) is 0.423. The van der Waals surface area contributed by atoms with Crippen LogP contribution in [0, 0.1) is 6.57 Å². The van der Waals surface area contributed by atoms with Gasteiger partial charge in [-0.1, -0.05) is 6.92 Å². The van der Waals surface area contributed by atoms with Gasteiger partial charge in [0, 0.05) is 6.66 Å². The second-order valence-electron chi connectivity index (χ2n) is 4.62. The molecular weight excluding hydrogens is 253 g/mol. The number of hydrogen-bond acceptors (Lipinski definition) is 4. The molecule has 2 aliphatic heterocycles. The van der Waals surface area contributed by atoms with Crippen molar-refractivity contribution < 1.29 is 18.5 Å². The summed E-state index contributed by atoms with van der Waals surface area (Å²) in [5, 5.41) is 0. The van der Waals surface area contributed by atoms with Gasteiger partial charge in [0.1, 0.15) is 24.4 Å². The summed E-state index contributed by atoms with van der Waals surface area (Å²) < 4.78 is 23.3. The van der Waals surface area contributed by atoms with Crippen molar-refractivity contribution >= 4 is 8.38 Å². The molecule has 0 aromatic carbocycles. The van der Waals surface area contributed by atoms with Crippen molar-refractivity contribution in [2.45, 2.75) is 44.2 Å². The third-order valence-corrected chi connectivity index (χ3v) is 4.76. The van der Waals surface area contributed by atoms with Gasteiger partial charge in [0.2, 0.25) is 6.54 Å². The first kappa shape index (κ1) is 14.2. The molecular formula is C12H20NO4P. The zero-order valence-corrected chi connectivity index (χ0v) is 12.0. The van der Waals surface area contributed by atoms with Gasteiger partial charge in [-0.3, -0.25) is 0 Å². The standard InChI is InChI=1S/C12H20NO4P/c1-5-12-9(2)16-10(8-14-12)11(12)17-18(4)15-7-6-13-3/h9-11H,5-8H2,1-2,4H3/t9-,10+,11+,12+,18?/m1/s1. The first-order valence-electron chi connectivity index (χ1n) is 6.30. The Labute approximate surface area is 109 Å². The van der Waals surface area contributed by atoms with Gasteiger partial charge < -0.3 is 23.4 Å². The minimum atomic E-state index is -0.976. The first-order valence-corrected chi connectivity index (χ1v) is 7.92. The third-order valence-electron chi connectivity index (χ3n) is 3.69. The van der Waals surface area contributed by atoms with Crippen LogP contribution in [0.3, 0.4) is 0 Å². The molecule has 0 N–H and O–H groups in total. The van der Waals surface area contributed by atoms with Gasteiger partial charge in [0.25, 0.3) is 0 Å². The molecule has 0 aromatic heterocycles. The number of nitrogens with zero attached hydrogens (tertiary/aromatic N) is 1. The van der Waals surface area contributed by atoms with E-state index >= 15 is 0 Å². The Morgan fingerprint density at radius 2 is 2.33 bits per heavy atom. The highest BCUT2D eigenvalue weighted by Crippen LogP contribution is 2.50. The Morgan fingerprint density at radius 1 is 1.56 bits per heavy atom. The summed E-state index contributed by atoms with van der Waals surface area (Å²) >= 11 is 0. The maximum Gasteiger partial charge on any atom is 0.238 e. The molecule has 0 aliphatic carbocycles. The molecule has 1 unspecified atom stereocenters. The molecule has 0 amide bonds. The molecule has 2 rings (SSSR count). The molecule has 2 heterocycles. The predicted molar refractivity (Wildman–Crippen MR) is 68.4 cm³/mol. The van der Waals surface area contributed by atoms with Crippen LogP contribution in [0.15, 0.2) is 0 Å². The van der Waals surface area contributed by atoms with Crippen LogP contribution in [0.25, 0.3) is 4.85 Å². The highest BCUT2D eigenvalue weighted by atomic mass is 31.2. The van der Waals surface area contributed by atoms with E-state index in [0.29, 0.717) is 19.8 Å². The molecule has 5 atom stereocenters. The summed E-state index contributed by atoms with van der Waals surface area (Å²) in [5.74, 6) is 0. The molecule has 0 radical (unpaired) electrons. The first-order chi connectivity index (χ1) is 8.64. The second-order valence-corrected chi connectivity index (χ2v) is 5.97. The largest absolute Gasteiger partial charge is 0.367 e. The lowest BCUT2D eigenvalue weighted by molar-refractivity contribution is -0.143. The predicted octanol–water partition coefficient (Wildman–Crippen LogP) is 2.22. The fraction of sp³-hybridized carbons (Fsp3) is 0.917. The Bertz CT molecular complexity index is 335. The molecule has 0 spiro atoms. The zero-order chi connectivity index (χ0) is 13.2. The van der Waals surface area contributed by atoms with Gasteiger partial charge in [0.15, 0.2) is 8.38 Å².